The van der Waals surface area contributed by atoms with Crippen LogP contribution >= 0.6 is 0 Å². The molecular formula is C13H21N3O. The van der Waals surface area contributed by atoms with Crippen LogP contribution in [0.3, 0.4) is 0 Å². The van der Waals surface area contributed by atoms with Crippen molar-refractivity contribution in [1.29, 1.82) is 0 Å². The highest BCUT2D eigenvalue weighted by Crippen LogP contribution is 2.31. The Kier molecular flexibility index (Phi) is 3.84. The van der Waals surface area contributed by atoms with Crippen molar-refractivity contribution in [3.05, 3.63) is 17.8 Å². The van der Waals surface area contributed by atoms with E-state index < -0.39 is 0 Å². The van der Waals surface area contributed by atoms with Gasteiger partial charge < -0.3 is 16.2 Å². The zero-order valence-corrected chi connectivity index (χ0v) is 10.3. The van der Waals surface area contributed by atoms with Gasteiger partial charge in [-0.2, -0.15) is 0 Å². The van der Waals surface area contributed by atoms with Gasteiger partial charge in [-0.1, -0.05) is 6.42 Å². The molecule has 1 aromatic heterocycles. The Balaban J connectivity index is 1.95. The maximum atomic E-state index is 9.26. The van der Waals surface area contributed by atoms with Crippen molar-refractivity contribution in [3.63, 3.8) is 0 Å². The van der Waals surface area contributed by atoms with E-state index >= 15 is 0 Å². The number of nitrogens with two attached hydrogens (primary N) is 1. The fourth-order valence-electron chi connectivity index (χ4n) is 2.56. The first-order chi connectivity index (χ1) is 8.20. The lowest BCUT2D eigenvalue weighted by Crippen LogP contribution is -2.21. The number of anilines is 2. The first kappa shape index (κ1) is 12.2. The predicted octanol–water partition coefficient (Wildman–Crippen LogP) is 1.79. The molecule has 0 aliphatic heterocycles. The summed E-state index contributed by atoms with van der Waals surface area (Å²) >= 11 is 0. The Morgan fingerprint density at radius 1 is 1.41 bits per heavy atom. The van der Waals surface area contributed by atoms with E-state index in [0.717, 1.165) is 24.5 Å². The number of hydrogen-bond donors (Lipinski definition) is 3. The molecule has 2 unspecified atom stereocenters. The Labute approximate surface area is 102 Å². The number of hydrogen-bond acceptors (Lipinski definition) is 4. The van der Waals surface area contributed by atoms with E-state index in [9.17, 15) is 5.11 Å². The number of aliphatic hydroxyl groups is 1. The Morgan fingerprint density at radius 2 is 2.18 bits per heavy atom. The summed E-state index contributed by atoms with van der Waals surface area (Å²) < 4.78 is 0. The third kappa shape index (κ3) is 2.88. The average molecular weight is 235 g/mol. The van der Waals surface area contributed by atoms with Gasteiger partial charge in [-0.3, -0.25) is 0 Å². The molecule has 94 valence electrons. The van der Waals surface area contributed by atoms with Gasteiger partial charge in [0.2, 0.25) is 0 Å². The number of nitrogen functional groups attached to an aromatic ring is 1. The minimum Gasteiger partial charge on any atom is -0.396 e. The van der Waals surface area contributed by atoms with Crippen molar-refractivity contribution >= 4 is 11.5 Å². The second-order valence-corrected chi connectivity index (χ2v) is 4.91. The summed E-state index contributed by atoms with van der Waals surface area (Å²) in [5.74, 6) is 1.75. The largest absolute Gasteiger partial charge is 0.396 e. The molecular weight excluding hydrogens is 214 g/mol. The highest BCUT2D eigenvalue weighted by atomic mass is 16.3. The summed E-state index contributed by atoms with van der Waals surface area (Å²) in [7, 11) is 0. The van der Waals surface area contributed by atoms with Crippen LogP contribution in [0.5, 0.6) is 0 Å². The van der Waals surface area contributed by atoms with Gasteiger partial charge in [0.05, 0.1) is 5.69 Å². The molecule has 0 bridgehead atoms. The van der Waals surface area contributed by atoms with Crippen LogP contribution in [0, 0.1) is 18.8 Å². The number of aromatic nitrogens is 1. The number of nitrogens with one attached hydrogen (secondary N) is 1. The minimum absolute atomic E-state index is 0.295. The monoisotopic (exact) mass is 235 g/mol. The summed E-state index contributed by atoms with van der Waals surface area (Å²) in [6.07, 6.45) is 3.54. The lowest BCUT2D eigenvalue weighted by atomic mass is 9.97. The van der Waals surface area contributed by atoms with Gasteiger partial charge >= 0.3 is 0 Å². The van der Waals surface area contributed by atoms with Gasteiger partial charge in [0.25, 0.3) is 0 Å². The van der Waals surface area contributed by atoms with Crippen LogP contribution in [-0.2, 0) is 0 Å². The molecule has 4 heteroatoms. The van der Waals surface area contributed by atoms with Gasteiger partial charge in [-0.05, 0) is 43.7 Å². The molecule has 1 aliphatic rings. The Hall–Kier alpha value is -1.29. The molecule has 1 saturated carbocycles. The molecule has 0 aromatic carbocycles. The van der Waals surface area contributed by atoms with Crippen LogP contribution in [0.2, 0.25) is 0 Å². The summed E-state index contributed by atoms with van der Waals surface area (Å²) in [5, 5.41) is 12.6. The fraction of sp³-hybridized carbons (Fsp3) is 0.615. The van der Waals surface area contributed by atoms with E-state index in [1.165, 1.54) is 12.8 Å². The smallest absolute Gasteiger partial charge is 0.149 e. The van der Waals surface area contributed by atoms with E-state index in [2.05, 4.69) is 10.3 Å². The van der Waals surface area contributed by atoms with Gasteiger partial charge in [-0.25, -0.2) is 4.98 Å². The van der Waals surface area contributed by atoms with E-state index in [1.54, 1.807) is 0 Å². The molecule has 2 atom stereocenters. The number of pyridine rings is 1. The van der Waals surface area contributed by atoms with E-state index in [1.807, 2.05) is 19.1 Å². The van der Waals surface area contributed by atoms with Crippen molar-refractivity contribution in [3.8, 4) is 0 Å². The highest BCUT2D eigenvalue weighted by Gasteiger charge is 2.26. The lowest BCUT2D eigenvalue weighted by Gasteiger charge is -2.18. The minimum atomic E-state index is 0.295. The third-order valence-corrected chi connectivity index (χ3v) is 3.65. The molecule has 0 amide bonds. The van der Waals surface area contributed by atoms with E-state index in [4.69, 9.17) is 5.73 Å². The molecule has 1 fully saturated rings. The van der Waals surface area contributed by atoms with Crippen molar-refractivity contribution in [2.75, 3.05) is 24.2 Å². The Bertz CT molecular complexity index is 381. The summed E-state index contributed by atoms with van der Waals surface area (Å²) in [6, 6.07) is 3.79. The predicted molar refractivity (Wildman–Crippen MR) is 69.8 cm³/mol. The first-order valence-corrected chi connectivity index (χ1v) is 6.28. The van der Waals surface area contributed by atoms with Crippen LogP contribution in [-0.4, -0.2) is 23.2 Å². The molecule has 4 nitrogen and oxygen atoms in total. The van der Waals surface area contributed by atoms with Crippen LogP contribution < -0.4 is 11.1 Å². The quantitative estimate of drug-likeness (QED) is 0.744. The fourth-order valence-corrected chi connectivity index (χ4v) is 2.56. The zero-order chi connectivity index (χ0) is 12.3. The second kappa shape index (κ2) is 5.36. The molecule has 0 radical (unpaired) electrons. The molecule has 1 heterocycles. The first-order valence-electron chi connectivity index (χ1n) is 6.28. The van der Waals surface area contributed by atoms with Crippen LogP contribution in [0.15, 0.2) is 12.1 Å². The Morgan fingerprint density at radius 3 is 2.94 bits per heavy atom. The number of aliphatic hydroxyl groups excluding tert-OH is 1. The van der Waals surface area contributed by atoms with Crippen LogP contribution in [0.25, 0.3) is 0 Å². The lowest BCUT2D eigenvalue weighted by molar-refractivity contribution is 0.199. The normalized spacial score (nSPS) is 23.9. The highest BCUT2D eigenvalue weighted by molar-refractivity contribution is 5.61. The zero-order valence-electron chi connectivity index (χ0n) is 10.3. The summed E-state index contributed by atoms with van der Waals surface area (Å²) in [5.41, 5.74) is 7.52. The molecule has 0 saturated heterocycles. The van der Waals surface area contributed by atoms with Crippen LogP contribution in [0.4, 0.5) is 11.5 Å². The molecule has 1 aromatic rings. The SMILES string of the molecule is Cc1ccc(N)c(NCC2CCCC2CO)n1. The van der Waals surface area contributed by atoms with Crippen LogP contribution in [0.1, 0.15) is 25.0 Å². The average Bonchev–Trinajstić information content (AvgIpc) is 2.77. The maximum Gasteiger partial charge on any atom is 0.149 e. The van der Waals surface area contributed by atoms with E-state index in [-0.39, 0.29) is 0 Å². The molecule has 0 spiro atoms. The summed E-state index contributed by atoms with van der Waals surface area (Å²) in [6.45, 7) is 3.10. The third-order valence-electron chi connectivity index (χ3n) is 3.65. The number of nitrogens with zero attached hydrogens (tertiary/aromatic N) is 1. The molecule has 2 rings (SSSR count). The van der Waals surface area contributed by atoms with Crippen molar-refractivity contribution in [1.82, 2.24) is 4.98 Å². The maximum absolute atomic E-state index is 9.26. The number of aryl methyl sites for hydroxylation is 1. The molecule has 4 N–H and O–H groups in total. The standard InChI is InChI=1S/C13H21N3O/c1-9-5-6-12(14)13(16-9)15-7-10-3-2-4-11(10)8-17/h5-6,10-11,17H,2-4,7-8,14H2,1H3,(H,15,16). The van der Waals surface area contributed by atoms with Gasteiger partial charge in [0.15, 0.2) is 0 Å². The molecule has 1 aliphatic carbocycles. The summed E-state index contributed by atoms with van der Waals surface area (Å²) in [4.78, 5) is 4.39. The number of rotatable bonds is 4. The van der Waals surface area contributed by atoms with E-state index in [0.29, 0.717) is 24.1 Å². The topological polar surface area (TPSA) is 71.2 Å². The van der Waals surface area contributed by atoms with Crippen molar-refractivity contribution < 1.29 is 5.11 Å². The van der Waals surface area contributed by atoms with Gasteiger partial charge in [0, 0.05) is 18.8 Å². The molecule has 17 heavy (non-hydrogen) atoms. The van der Waals surface area contributed by atoms with Gasteiger partial charge in [-0.15, -0.1) is 0 Å². The van der Waals surface area contributed by atoms with Crippen molar-refractivity contribution in [2.45, 2.75) is 26.2 Å². The second-order valence-electron chi connectivity index (χ2n) is 4.91. The van der Waals surface area contributed by atoms with Crippen molar-refractivity contribution in [2.24, 2.45) is 11.8 Å². The van der Waals surface area contributed by atoms with Gasteiger partial charge in [0.1, 0.15) is 5.82 Å².